The van der Waals surface area contributed by atoms with E-state index in [0.717, 1.165) is 18.6 Å². The maximum absolute atomic E-state index is 6.20. The minimum Gasteiger partial charge on any atom is -0.497 e. The Morgan fingerprint density at radius 1 is 1.29 bits per heavy atom. The molecule has 0 aromatic heterocycles. The molecule has 0 radical (unpaired) electrons. The highest BCUT2D eigenvalue weighted by Gasteiger charge is 2.19. The number of ether oxygens (including phenoxy) is 1. The van der Waals surface area contributed by atoms with E-state index in [4.69, 9.17) is 10.5 Å². The number of hydrogen-bond acceptors (Lipinski definition) is 2. The molecule has 0 fully saturated rings. The first-order valence-electron chi connectivity index (χ1n) is 5.03. The maximum Gasteiger partial charge on any atom is 0.118 e. The van der Waals surface area contributed by atoms with Crippen molar-refractivity contribution < 1.29 is 4.74 Å². The van der Waals surface area contributed by atoms with Crippen LogP contribution in [0.2, 0.25) is 0 Å². The highest BCUT2D eigenvalue weighted by atomic mass is 16.5. The number of rotatable bonds is 4. The first-order valence-corrected chi connectivity index (χ1v) is 5.03. The third-order valence-corrected chi connectivity index (χ3v) is 2.52. The summed E-state index contributed by atoms with van der Waals surface area (Å²) >= 11 is 0. The van der Waals surface area contributed by atoms with E-state index in [1.807, 2.05) is 24.3 Å². The van der Waals surface area contributed by atoms with Gasteiger partial charge in [0.15, 0.2) is 0 Å². The van der Waals surface area contributed by atoms with E-state index < -0.39 is 0 Å². The average Bonchev–Trinajstić information content (AvgIpc) is 2.18. The van der Waals surface area contributed by atoms with Gasteiger partial charge in [0.2, 0.25) is 0 Å². The lowest BCUT2D eigenvalue weighted by Crippen LogP contribution is -2.32. The van der Waals surface area contributed by atoms with Crippen molar-refractivity contribution in [3.63, 3.8) is 0 Å². The molecule has 2 heteroatoms. The molecule has 0 spiro atoms. The summed E-state index contributed by atoms with van der Waals surface area (Å²) in [6.45, 7) is 4.22. The maximum atomic E-state index is 6.20. The molecule has 1 atom stereocenters. The van der Waals surface area contributed by atoms with Crippen LogP contribution < -0.4 is 10.5 Å². The van der Waals surface area contributed by atoms with Gasteiger partial charge in [-0.1, -0.05) is 25.5 Å². The van der Waals surface area contributed by atoms with Crippen LogP contribution in [0, 0.1) is 0 Å². The normalized spacial score (nSPS) is 14.9. The topological polar surface area (TPSA) is 35.2 Å². The lowest BCUT2D eigenvalue weighted by Gasteiger charge is -2.24. The molecule has 78 valence electrons. The Labute approximate surface area is 86.1 Å². The van der Waals surface area contributed by atoms with Crippen LogP contribution in [0.1, 0.15) is 32.3 Å². The fraction of sp³-hybridized carbons (Fsp3) is 0.500. The molecule has 0 aliphatic rings. The van der Waals surface area contributed by atoms with E-state index in [2.05, 4.69) is 13.8 Å². The molecule has 1 aromatic carbocycles. The summed E-state index contributed by atoms with van der Waals surface area (Å²) in [5, 5.41) is 0. The van der Waals surface area contributed by atoms with Crippen molar-refractivity contribution in [1.82, 2.24) is 0 Å². The Morgan fingerprint density at radius 2 is 1.86 bits per heavy atom. The molecule has 2 N–H and O–H groups in total. The summed E-state index contributed by atoms with van der Waals surface area (Å²) in [4.78, 5) is 0. The largest absolute Gasteiger partial charge is 0.497 e. The number of hydrogen-bond donors (Lipinski definition) is 1. The lowest BCUT2D eigenvalue weighted by molar-refractivity contribution is 0.412. The molecule has 0 saturated carbocycles. The summed E-state index contributed by atoms with van der Waals surface area (Å²) in [6.07, 6.45) is 2.10. The van der Waals surface area contributed by atoms with Gasteiger partial charge in [0.05, 0.1) is 7.11 Å². The monoisotopic (exact) mass is 193 g/mol. The van der Waals surface area contributed by atoms with Crippen LogP contribution >= 0.6 is 0 Å². The van der Waals surface area contributed by atoms with E-state index in [1.54, 1.807) is 7.11 Å². The van der Waals surface area contributed by atoms with Crippen LogP contribution in [0.25, 0.3) is 0 Å². The van der Waals surface area contributed by atoms with Gasteiger partial charge in [-0.25, -0.2) is 0 Å². The molecule has 0 aliphatic carbocycles. The SMILES string of the molecule is CCCC(C)(N)c1ccc(OC)cc1. The first-order chi connectivity index (χ1) is 6.60. The zero-order chi connectivity index (χ0) is 10.6. The van der Waals surface area contributed by atoms with E-state index >= 15 is 0 Å². The first kappa shape index (κ1) is 11.1. The number of benzene rings is 1. The molecule has 14 heavy (non-hydrogen) atoms. The van der Waals surface area contributed by atoms with Crippen molar-refractivity contribution >= 4 is 0 Å². The van der Waals surface area contributed by atoms with Gasteiger partial charge < -0.3 is 10.5 Å². The van der Waals surface area contributed by atoms with E-state index in [1.165, 1.54) is 5.56 Å². The Morgan fingerprint density at radius 3 is 2.29 bits per heavy atom. The Hall–Kier alpha value is -1.02. The van der Waals surface area contributed by atoms with Gasteiger partial charge >= 0.3 is 0 Å². The second-order valence-electron chi connectivity index (χ2n) is 3.90. The standard InChI is InChI=1S/C12H19NO/c1-4-9-12(2,13)10-5-7-11(14-3)8-6-10/h5-8H,4,9,13H2,1-3H3. The zero-order valence-electron chi connectivity index (χ0n) is 9.21. The van der Waals surface area contributed by atoms with Gasteiger partial charge in [0, 0.05) is 5.54 Å². The molecule has 0 amide bonds. The van der Waals surface area contributed by atoms with Gasteiger partial charge in [-0.05, 0) is 31.0 Å². The highest BCUT2D eigenvalue weighted by molar-refractivity contribution is 5.31. The van der Waals surface area contributed by atoms with E-state index in [9.17, 15) is 0 Å². The molecule has 0 saturated heterocycles. The number of nitrogens with two attached hydrogens (primary N) is 1. The van der Waals surface area contributed by atoms with Crippen molar-refractivity contribution in [3.8, 4) is 5.75 Å². The predicted molar refractivity (Wildman–Crippen MR) is 59.4 cm³/mol. The van der Waals surface area contributed by atoms with E-state index in [0.29, 0.717) is 0 Å². The molecule has 2 nitrogen and oxygen atoms in total. The molecular formula is C12H19NO. The van der Waals surface area contributed by atoms with Crippen LogP contribution in [0.3, 0.4) is 0 Å². The molecule has 1 rings (SSSR count). The third kappa shape index (κ3) is 2.48. The van der Waals surface area contributed by atoms with Gasteiger partial charge in [-0.2, -0.15) is 0 Å². The summed E-state index contributed by atoms with van der Waals surface area (Å²) < 4.78 is 5.10. The third-order valence-electron chi connectivity index (χ3n) is 2.52. The van der Waals surface area contributed by atoms with Crippen molar-refractivity contribution in [1.29, 1.82) is 0 Å². The van der Waals surface area contributed by atoms with Crippen LogP contribution in [0.5, 0.6) is 5.75 Å². The molecular weight excluding hydrogens is 174 g/mol. The zero-order valence-corrected chi connectivity index (χ0v) is 9.21. The summed E-state index contributed by atoms with van der Waals surface area (Å²) in [5.74, 6) is 0.876. The second-order valence-corrected chi connectivity index (χ2v) is 3.90. The van der Waals surface area contributed by atoms with Crippen LogP contribution in [-0.4, -0.2) is 7.11 Å². The Balaban J connectivity index is 2.85. The number of methoxy groups -OCH3 is 1. The molecule has 0 bridgehead atoms. The minimum absolute atomic E-state index is 0.221. The quantitative estimate of drug-likeness (QED) is 0.798. The molecule has 0 heterocycles. The predicted octanol–water partition coefficient (Wildman–Crippen LogP) is 2.67. The van der Waals surface area contributed by atoms with Crippen molar-refractivity contribution in [2.45, 2.75) is 32.2 Å². The molecule has 1 aromatic rings. The van der Waals surface area contributed by atoms with E-state index in [-0.39, 0.29) is 5.54 Å². The van der Waals surface area contributed by atoms with Gasteiger partial charge in [0.1, 0.15) is 5.75 Å². The Bertz CT molecular complexity index is 277. The van der Waals surface area contributed by atoms with Crippen LogP contribution in [-0.2, 0) is 5.54 Å². The molecule has 1 unspecified atom stereocenters. The van der Waals surface area contributed by atoms with Gasteiger partial charge in [-0.3, -0.25) is 0 Å². The van der Waals surface area contributed by atoms with Gasteiger partial charge in [-0.15, -0.1) is 0 Å². The highest BCUT2D eigenvalue weighted by Crippen LogP contribution is 2.24. The average molecular weight is 193 g/mol. The van der Waals surface area contributed by atoms with Crippen LogP contribution in [0.15, 0.2) is 24.3 Å². The van der Waals surface area contributed by atoms with Gasteiger partial charge in [0.25, 0.3) is 0 Å². The minimum atomic E-state index is -0.221. The van der Waals surface area contributed by atoms with Crippen molar-refractivity contribution in [2.75, 3.05) is 7.11 Å². The van der Waals surface area contributed by atoms with Crippen molar-refractivity contribution in [3.05, 3.63) is 29.8 Å². The van der Waals surface area contributed by atoms with Crippen LogP contribution in [0.4, 0.5) is 0 Å². The summed E-state index contributed by atoms with van der Waals surface area (Å²) in [6, 6.07) is 7.98. The lowest BCUT2D eigenvalue weighted by atomic mass is 9.89. The summed E-state index contributed by atoms with van der Waals surface area (Å²) in [7, 11) is 1.67. The smallest absolute Gasteiger partial charge is 0.118 e. The Kier molecular flexibility index (Phi) is 3.53. The second kappa shape index (κ2) is 4.47. The summed E-state index contributed by atoms with van der Waals surface area (Å²) in [5.41, 5.74) is 7.14. The fourth-order valence-corrected chi connectivity index (χ4v) is 1.64. The van der Waals surface area contributed by atoms with Crippen molar-refractivity contribution in [2.24, 2.45) is 5.73 Å². The fourth-order valence-electron chi connectivity index (χ4n) is 1.64. The molecule has 0 aliphatic heterocycles.